The molecule has 5 aromatic rings. The summed E-state index contributed by atoms with van der Waals surface area (Å²) in [7, 11) is 1.59. The quantitative estimate of drug-likeness (QED) is 0.317. The lowest BCUT2D eigenvalue weighted by Gasteiger charge is -2.12. The molecule has 0 saturated heterocycles. The summed E-state index contributed by atoms with van der Waals surface area (Å²) in [6.45, 7) is 6.52. The van der Waals surface area contributed by atoms with Crippen LogP contribution in [0, 0.1) is 13.8 Å². The molecule has 0 unspecified atom stereocenters. The summed E-state index contributed by atoms with van der Waals surface area (Å²) in [5, 5.41) is 5.52. The number of methoxy groups -OCH3 is 1. The first-order valence-corrected chi connectivity index (χ1v) is 11.4. The largest absolute Gasteiger partial charge is 0.493 e. The summed E-state index contributed by atoms with van der Waals surface area (Å²) in [4.78, 5) is 18.0. The number of hydrogen-bond acceptors (Lipinski definition) is 6. The van der Waals surface area contributed by atoms with Crippen molar-refractivity contribution in [1.29, 1.82) is 0 Å². The molecule has 0 N–H and O–H groups in total. The van der Waals surface area contributed by atoms with Crippen molar-refractivity contribution < 1.29 is 14.0 Å². The van der Waals surface area contributed by atoms with Crippen molar-refractivity contribution in [1.82, 2.24) is 14.7 Å². The van der Waals surface area contributed by atoms with Crippen LogP contribution in [0.25, 0.3) is 39.3 Å². The molecular formula is C28H25N3O4. The van der Waals surface area contributed by atoms with E-state index < -0.39 is 0 Å². The summed E-state index contributed by atoms with van der Waals surface area (Å²) < 4.78 is 18.4. The van der Waals surface area contributed by atoms with Crippen LogP contribution in [0.5, 0.6) is 11.5 Å². The first kappa shape index (κ1) is 22.4. The molecule has 2 heterocycles. The van der Waals surface area contributed by atoms with Crippen molar-refractivity contribution in [2.75, 3.05) is 13.7 Å². The monoisotopic (exact) mass is 467 g/mol. The first-order valence-electron chi connectivity index (χ1n) is 11.4. The fourth-order valence-corrected chi connectivity index (χ4v) is 4.06. The summed E-state index contributed by atoms with van der Waals surface area (Å²) in [6, 6.07) is 18.9. The van der Waals surface area contributed by atoms with Gasteiger partial charge >= 0.3 is 0 Å². The average molecular weight is 468 g/mol. The van der Waals surface area contributed by atoms with Gasteiger partial charge in [-0.2, -0.15) is 4.98 Å². The van der Waals surface area contributed by atoms with E-state index in [0.29, 0.717) is 40.8 Å². The lowest BCUT2D eigenvalue weighted by molar-refractivity contribution is 0.311. The van der Waals surface area contributed by atoms with Crippen LogP contribution in [0.15, 0.2) is 76.2 Å². The molecule has 0 aliphatic heterocycles. The number of pyridine rings is 1. The SMILES string of the molecule is CCOc1ccc(-c2noc(-c3cn(-c4ccc(C)c(C)c4)c(=O)c4ccccc34)n2)cc1OC. The Kier molecular flexibility index (Phi) is 5.82. The van der Waals surface area contributed by atoms with Gasteiger partial charge < -0.3 is 14.0 Å². The average Bonchev–Trinajstić information content (AvgIpc) is 3.37. The lowest BCUT2D eigenvalue weighted by Crippen LogP contribution is -2.18. The minimum Gasteiger partial charge on any atom is -0.493 e. The third-order valence-corrected chi connectivity index (χ3v) is 6.07. The second-order valence-corrected chi connectivity index (χ2v) is 8.25. The van der Waals surface area contributed by atoms with E-state index in [1.54, 1.807) is 17.9 Å². The van der Waals surface area contributed by atoms with Crippen LogP contribution in [-0.2, 0) is 0 Å². The zero-order valence-electron chi connectivity index (χ0n) is 20.0. The molecule has 3 aromatic carbocycles. The van der Waals surface area contributed by atoms with Crippen molar-refractivity contribution in [2.45, 2.75) is 20.8 Å². The third kappa shape index (κ3) is 4.05. The zero-order valence-corrected chi connectivity index (χ0v) is 20.0. The number of rotatable bonds is 6. The molecule has 2 aromatic heterocycles. The Morgan fingerprint density at radius 3 is 2.49 bits per heavy atom. The van der Waals surface area contributed by atoms with E-state index in [4.69, 9.17) is 14.0 Å². The highest BCUT2D eigenvalue weighted by molar-refractivity contribution is 5.94. The molecular weight excluding hydrogens is 442 g/mol. The minimum absolute atomic E-state index is 0.108. The molecule has 0 aliphatic carbocycles. The van der Waals surface area contributed by atoms with E-state index >= 15 is 0 Å². The van der Waals surface area contributed by atoms with E-state index in [0.717, 1.165) is 27.8 Å². The van der Waals surface area contributed by atoms with Crippen molar-refractivity contribution in [3.8, 4) is 40.0 Å². The molecule has 0 radical (unpaired) electrons. The Bertz CT molecular complexity index is 1600. The summed E-state index contributed by atoms with van der Waals surface area (Å²) in [6.07, 6.45) is 1.77. The second-order valence-electron chi connectivity index (χ2n) is 8.25. The van der Waals surface area contributed by atoms with Crippen LogP contribution in [0.1, 0.15) is 18.1 Å². The summed E-state index contributed by atoms with van der Waals surface area (Å²) >= 11 is 0. The molecule has 0 spiro atoms. The fraction of sp³-hybridized carbons (Fsp3) is 0.179. The number of nitrogens with zero attached hydrogens (tertiary/aromatic N) is 3. The van der Waals surface area contributed by atoms with Gasteiger partial charge in [-0.05, 0) is 68.3 Å². The number of fused-ring (bicyclic) bond motifs is 1. The van der Waals surface area contributed by atoms with Gasteiger partial charge in [-0.15, -0.1) is 0 Å². The Balaban J connectivity index is 1.65. The predicted octanol–water partition coefficient (Wildman–Crippen LogP) is 5.73. The summed E-state index contributed by atoms with van der Waals surface area (Å²) in [5.41, 5.74) is 4.34. The molecule has 0 saturated carbocycles. The lowest BCUT2D eigenvalue weighted by atomic mass is 10.1. The zero-order chi connectivity index (χ0) is 24.5. The van der Waals surface area contributed by atoms with Crippen molar-refractivity contribution in [3.63, 3.8) is 0 Å². The van der Waals surface area contributed by atoms with Gasteiger partial charge in [0, 0.05) is 28.2 Å². The predicted molar refractivity (Wildman–Crippen MR) is 135 cm³/mol. The van der Waals surface area contributed by atoms with Gasteiger partial charge in [-0.3, -0.25) is 9.36 Å². The van der Waals surface area contributed by atoms with Crippen molar-refractivity contribution in [2.24, 2.45) is 0 Å². The van der Waals surface area contributed by atoms with E-state index in [2.05, 4.69) is 10.1 Å². The van der Waals surface area contributed by atoms with Crippen molar-refractivity contribution in [3.05, 3.63) is 88.3 Å². The molecule has 7 heteroatoms. The highest BCUT2D eigenvalue weighted by Crippen LogP contribution is 2.33. The van der Waals surface area contributed by atoms with Gasteiger partial charge in [-0.1, -0.05) is 29.4 Å². The Morgan fingerprint density at radius 1 is 0.943 bits per heavy atom. The van der Waals surface area contributed by atoms with Gasteiger partial charge in [0.2, 0.25) is 5.82 Å². The van der Waals surface area contributed by atoms with Crippen LogP contribution >= 0.6 is 0 Å². The van der Waals surface area contributed by atoms with Crippen LogP contribution in [-0.4, -0.2) is 28.4 Å². The maximum Gasteiger partial charge on any atom is 0.262 e. The van der Waals surface area contributed by atoms with Crippen LogP contribution in [0.2, 0.25) is 0 Å². The Labute approximate surface area is 202 Å². The minimum atomic E-state index is -0.108. The van der Waals surface area contributed by atoms with Gasteiger partial charge in [0.05, 0.1) is 19.3 Å². The summed E-state index contributed by atoms with van der Waals surface area (Å²) in [5.74, 6) is 1.97. The second kappa shape index (κ2) is 9.10. The number of hydrogen-bond donors (Lipinski definition) is 0. The molecule has 35 heavy (non-hydrogen) atoms. The molecule has 0 bridgehead atoms. The van der Waals surface area contributed by atoms with Crippen molar-refractivity contribution >= 4 is 10.8 Å². The molecule has 7 nitrogen and oxygen atoms in total. The molecule has 0 aliphatic rings. The Morgan fingerprint density at radius 2 is 1.74 bits per heavy atom. The van der Waals surface area contributed by atoms with E-state index in [9.17, 15) is 4.79 Å². The van der Waals surface area contributed by atoms with Gasteiger partial charge in [0.15, 0.2) is 11.5 Å². The number of aryl methyl sites for hydroxylation is 2. The van der Waals surface area contributed by atoms with Gasteiger partial charge in [0.1, 0.15) is 0 Å². The first-order chi connectivity index (χ1) is 17.0. The standard InChI is InChI=1S/C28H25N3O4/c1-5-34-24-13-11-19(15-25(24)33-4)26-29-27(35-30-26)23-16-31(20-12-10-17(2)18(3)14-20)28(32)22-9-7-6-8-21(22)23/h6-16H,5H2,1-4H3. The van der Waals surface area contributed by atoms with Gasteiger partial charge in [-0.25, -0.2) is 0 Å². The highest BCUT2D eigenvalue weighted by atomic mass is 16.5. The molecule has 0 atom stereocenters. The van der Waals surface area contributed by atoms with E-state index in [-0.39, 0.29) is 5.56 Å². The normalized spacial score (nSPS) is 11.1. The van der Waals surface area contributed by atoms with Gasteiger partial charge in [0.25, 0.3) is 11.4 Å². The third-order valence-electron chi connectivity index (χ3n) is 6.07. The topological polar surface area (TPSA) is 79.4 Å². The van der Waals surface area contributed by atoms with E-state index in [1.807, 2.05) is 81.4 Å². The number of benzene rings is 3. The van der Waals surface area contributed by atoms with Crippen LogP contribution in [0.4, 0.5) is 0 Å². The number of ether oxygens (including phenoxy) is 2. The molecule has 0 amide bonds. The highest BCUT2D eigenvalue weighted by Gasteiger charge is 2.18. The van der Waals surface area contributed by atoms with E-state index in [1.165, 1.54) is 0 Å². The van der Waals surface area contributed by atoms with Crippen LogP contribution in [0.3, 0.4) is 0 Å². The molecule has 5 rings (SSSR count). The molecule has 0 fully saturated rings. The van der Waals surface area contributed by atoms with Crippen LogP contribution < -0.4 is 15.0 Å². The maximum absolute atomic E-state index is 13.4. The number of aromatic nitrogens is 3. The fourth-order valence-electron chi connectivity index (χ4n) is 4.06. The smallest absolute Gasteiger partial charge is 0.262 e. The Hall–Kier alpha value is -4.39. The molecule has 176 valence electrons. The maximum atomic E-state index is 13.4.